The number of nitrogens with zero attached hydrogens (tertiary/aromatic N) is 1. The normalized spacial score (nSPS) is 23.5. The summed E-state index contributed by atoms with van der Waals surface area (Å²) in [6.45, 7) is 0.190. The van der Waals surface area contributed by atoms with Crippen LogP contribution in [-0.4, -0.2) is 23.4 Å². The Morgan fingerprint density at radius 2 is 1.57 bits per heavy atom. The van der Waals surface area contributed by atoms with E-state index in [0.717, 1.165) is 12.1 Å². The van der Waals surface area contributed by atoms with E-state index < -0.39 is 6.85 Å². The first-order valence-corrected chi connectivity index (χ1v) is 7.55. The summed E-state index contributed by atoms with van der Waals surface area (Å²) in [6, 6.07) is 21.0. The zero-order valence-electron chi connectivity index (χ0n) is 15.7. The van der Waals surface area contributed by atoms with Crippen LogP contribution in [0.3, 0.4) is 0 Å². The summed E-state index contributed by atoms with van der Waals surface area (Å²) >= 11 is 0. The molecule has 0 N–H and O–H groups in total. The molecule has 1 aliphatic rings. The van der Waals surface area contributed by atoms with Crippen LogP contribution >= 0.6 is 0 Å². The van der Waals surface area contributed by atoms with Crippen molar-refractivity contribution in [2.45, 2.75) is 38.1 Å². The molecule has 0 aromatic heterocycles. The summed E-state index contributed by atoms with van der Waals surface area (Å²) in [6.07, 6.45) is 1.00. The summed E-state index contributed by atoms with van der Waals surface area (Å²) in [5.74, 6) is 0. The van der Waals surface area contributed by atoms with Gasteiger partial charge in [-0.25, -0.2) is 4.58 Å². The van der Waals surface area contributed by atoms with E-state index in [1.54, 1.807) is 0 Å². The lowest BCUT2D eigenvalue weighted by Gasteiger charge is -2.29. The second-order valence-electron chi connectivity index (χ2n) is 5.92. The molecule has 0 saturated heterocycles. The predicted molar refractivity (Wildman–Crippen MR) is 89.2 cm³/mol. The van der Waals surface area contributed by atoms with Gasteiger partial charge in [-0.2, -0.15) is 0 Å². The molecule has 0 saturated carbocycles. The van der Waals surface area contributed by atoms with Crippen molar-refractivity contribution in [1.82, 2.24) is 0 Å². The first-order chi connectivity index (χ1) is 11.3. The molecule has 0 fully saturated rings. The zero-order valence-corrected chi connectivity index (χ0v) is 12.7. The molecule has 108 valence electrons. The van der Waals surface area contributed by atoms with Gasteiger partial charge in [0, 0.05) is 17.0 Å². The molecule has 0 spiro atoms. The summed E-state index contributed by atoms with van der Waals surface area (Å²) < 4.78 is 25.7. The Labute approximate surface area is 132 Å². The highest BCUT2D eigenvalue weighted by Crippen LogP contribution is 2.43. The lowest BCUT2D eigenvalue weighted by molar-refractivity contribution is -0.526. The van der Waals surface area contributed by atoms with Crippen LogP contribution in [0.1, 0.15) is 41.9 Å². The molecule has 1 atom stereocenters. The average Bonchev–Trinajstić information content (AvgIpc) is 2.81. The van der Waals surface area contributed by atoms with Crippen LogP contribution in [0.4, 0.5) is 0 Å². The molecule has 2 aromatic carbocycles. The Kier molecular flexibility index (Phi) is 2.81. The number of hydrogen-bond donors (Lipinski definition) is 0. The molecule has 0 aliphatic carbocycles. The van der Waals surface area contributed by atoms with Gasteiger partial charge in [-0.3, -0.25) is 0 Å². The molecule has 1 aliphatic heterocycles. The van der Waals surface area contributed by atoms with Crippen LogP contribution in [-0.2, 0) is 5.41 Å². The van der Waals surface area contributed by atoms with Crippen LogP contribution in [0.15, 0.2) is 60.7 Å². The minimum atomic E-state index is -1.98. The van der Waals surface area contributed by atoms with Gasteiger partial charge in [0.25, 0.3) is 0 Å². The summed E-state index contributed by atoms with van der Waals surface area (Å²) in [4.78, 5) is 0. The van der Waals surface area contributed by atoms with Crippen molar-refractivity contribution in [3.05, 3.63) is 71.8 Å². The maximum absolute atomic E-state index is 7.84. The maximum atomic E-state index is 7.84. The van der Waals surface area contributed by atoms with Crippen molar-refractivity contribution < 1.29 is 8.69 Å². The first-order valence-electron chi connectivity index (χ1n) is 9.05. The van der Waals surface area contributed by atoms with Gasteiger partial charge in [-0.1, -0.05) is 67.5 Å². The lowest BCUT2D eigenvalue weighted by Crippen LogP contribution is -2.35. The van der Waals surface area contributed by atoms with E-state index >= 15 is 0 Å². The molecule has 0 bridgehead atoms. The van der Waals surface area contributed by atoms with E-state index in [4.69, 9.17) is 4.11 Å². The SMILES string of the molecule is [2H]C([2H])([2H])CC1=[N+](C)C(C)CC1(c1ccccc1)c1ccccc1. The van der Waals surface area contributed by atoms with Gasteiger partial charge >= 0.3 is 0 Å². The van der Waals surface area contributed by atoms with Gasteiger partial charge in [0.1, 0.15) is 12.5 Å². The highest BCUT2D eigenvalue weighted by Gasteiger charge is 2.51. The van der Waals surface area contributed by atoms with Gasteiger partial charge in [0.15, 0.2) is 11.8 Å². The van der Waals surface area contributed by atoms with Crippen molar-refractivity contribution >= 4 is 5.71 Å². The van der Waals surface area contributed by atoms with Crippen LogP contribution < -0.4 is 0 Å². The molecule has 1 heteroatoms. The molecular weight excluding hydrogens is 254 g/mol. The van der Waals surface area contributed by atoms with Gasteiger partial charge in [0.2, 0.25) is 0 Å². The fourth-order valence-electron chi connectivity index (χ4n) is 3.72. The minimum absolute atomic E-state index is 0.109. The third kappa shape index (κ3) is 2.12. The molecule has 1 unspecified atom stereocenters. The lowest BCUT2D eigenvalue weighted by atomic mass is 9.68. The van der Waals surface area contributed by atoms with E-state index in [2.05, 4.69) is 35.8 Å². The van der Waals surface area contributed by atoms with Crippen molar-refractivity contribution in [1.29, 1.82) is 0 Å². The molecular formula is C20H24N+. The summed E-state index contributed by atoms with van der Waals surface area (Å²) in [7, 11) is 2.03. The van der Waals surface area contributed by atoms with Crippen molar-refractivity contribution in [2.75, 3.05) is 7.05 Å². The number of benzene rings is 2. The fourth-order valence-corrected chi connectivity index (χ4v) is 3.72. The van der Waals surface area contributed by atoms with Crippen LogP contribution in [0.25, 0.3) is 0 Å². The molecule has 21 heavy (non-hydrogen) atoms. The number of hydrogen-bond acceptors (Lipinski definition) is 0. The zero-order chi connectivity index (χ0) is 17.4. The summed E-state index contributed by atoms with van der Waals surface area (Å²) in [5.41, 5.74) is 2.97. The number of rotatable bonds is 3. The molecule has 2 aromatic rings. The minimum Gasteiger partial charge on any atom is -0.236 e. The molecule has 3 rings (SSSR count). The van der Waals surface area contributed by atoms with E-state index in [1.165, 1.54) is 11.1 Å². The Hall–Kier alpha value is -1.89. The van der Waals surface area contributed by atoms with E-state index in [0.29, 0.717) is 6.04 Å². The van der Waals surface area contributed by atoms with E-state index in [1.807, 2.05) is 43.4 Å². The third-order valence-electron chi connectivity index (χ3n) is 4.88. The predicted octanol–water partition coefficient (Wildman–Crippen LogP) is 4.26. The Morgan fingerprint density at radius 3 is 2.05 bits per heavy atom. The fraction of sp³-hybridized carbons (Fsp3) is 0.350. The first kappa shape index (κ1) is 10.8. The van der Waals surface area contributed by atoms with E-state index in [-0.39, 0.29) is 11.8 Å². The topological polar surface area (TPSA) is 3.01 Å². The highest BCUT2D eigenvalue weighted by molar-refractivity contribution is 5.95. The largest absolute Gasteiger partial charge is 0.236 e. The average molecular weight is 281 g/mol. The second kappa shape index (κ2) is 5.48. The Balaban J connectivity index is 2.26. The van der Waals surface area contributed by atoms with Crippen molar-refractivity contribution in [3.63, 3.8) is 0 Å². The molecule has 0 radical (unpaired) electrons. The van der Waals surface area contributed by atoms with Crippen LogP contribution in [0.5, 0.6) is 0 Å². The summed E-state index contributed by atoms with van der Waals surface area (Å²) in [5, 5.41) is 0. The molecule has 1 nitrogen and oxygen atoms in total. The van der Waals surface area contributed by atoms with Crippen LogP contribution in [0.2, 0.25) is 0 Å². The Morgan fingerprint density at radius 1 is 1.05 bits per heavy atom. The smallest absolute Gasteiger partial charge is 0.167 e. The molecule has 1 heterocycles. The van der Waals surface area contributed by atoms with Crippen molar-refractivity contribution in [3.8, 4) is 0 Å². The van der Waals surface area contributed by atoms with Gasteiger partial charge in [-0.05, 0) is 18.1 Å². The van der Waals surface area contributed by atoms with Crippen molar-refractivity contribution in [2.24, 2.45) is 0 Å². The van der Waals surface area contributed by atoms with Gasteiger partial charge in [-0.15, -0.1) is 0 Å². The quantitative estimate of drug-likeness (QED) is 0.740. The third-order valence-corrected chi connectivity index (χ3v) is 4.88. The van der Waals surface area contributed by atoms with Gasteiger partial charge in [0.05, 0.1) is 0 Å². The van der Waals surface area contributed by atoms with Crippen LogP contribution in [0, 0.1) is 0 Å². The highest BCUT2D eigenvalue weighted by atomic mass is 15.1. The standard InChI is InChI=1S/C20H24N/c1-4-19-20(15-16(2)21(19)3,17-11-7-5-8-12-17)18-13-9-6-10-14-18/h5-14,16H,4,15H2,1-3H3/q+1/i1D3. The van der Waals surface area contributed by atoms with Gasteiger partial charge < -0.3 is 0 Å². The van der Waals surface area contributed by atoms with E-state index in [9.17, 15) is 0 Å². The second-order valence-corrected chi connectivity index (χ2v) is 5.92. The Bertz CT molecular complexity index is 693. The molecule has 0 amide bonds. The maximum Gasteiger partial charge on any atom is 0.167 e. The monoisotopic (exact) mass is 281 g/mol.